The van der Waals surface area contributed by atoms with E-state index in [1.165, 1.54) is 16.7 Å². The smallest absolute Gasteiger partial charge is 0.118 e. The molecule has 0 bridgehead atoms. The van der Waals surface area contributed by atoms with Gasteiger partial charge in [-0.2, -0.15) is 11.8 Å². The summed E-state index contributed by atoms with van der Waals surface area (Å²) in [4.78, 5) is 0. The first-order valence-corrected chi connectivity index (χ1v) is 12.8. The summed E-state index contributed by atoms with van der Waals surface area (Å²) in [7, 11) is 5.11. The highest BCUT2D eigenvalue weighted by Gasteiger charge is 2.36. The van der Waals surface area contributed by atoms with E-state index in [-0.39, 0.29) is 0 Å². The number of hydrogen-bond donors (Lipinski definition) is 0. The van der Waals surface area contributed by atoms with Crippen molar-refractivity contribution in [2.45, 2.75) is 24.7 Å². The fourth-order valence-electron chi connectivity index (χ4n) is 4.59. The molecule has 1 aliphatic rings. The maximum Gasteiger partial charge on any atom is 0.118 e. The van der Waals surface area contributed by atoms with Crippen molar-refractivity contribution in [1.29, 1.82) is 0 Å². The van der Waals surface area contributed by atoms with Gasteiger partial charge in [-0.15, -0.1) is 0 Å². The van der Waals surface area contributed by atoms with E-state index in [0.29, 0.717) is 23.7 Å². The molecule has 0 saturated carbocycles. The second-order valence-corrected chi connectivity index (χ2v) is 10.0. The molecule has 1 heterocycles. The Morgan fingerprint density at radius 3 is 1.62 bits per heavy atom. The highest BCUT2D eigenvalue weighted by atomic mass is 32.2. The van der Waals surface area contributed by atoms with Crippen LogP contribution in [0.15, 0.2) is 72.8 Å². The van der Waals surface area contributed by atoms with Gasteiger partial charge in [0.05, 0.1) is 34.5 Å². The number of hydrogen-bond acceptors (Lipinski definition) is 5. The summed E-state index contributed by atoms with van der Waals surface area (Å²) in [5.41, 5.74) is 3.89. The Morgan fingerprint density at radius 2 is 1.12 bits per heavy atom. The van der Waals surface area contributed by atoms with Gasteiger partial charge in [0.1, 0.15) is 17.2 Å². The minimum Gasteiger partial charge on any atom is -0.497 e. The second-order valence-electron chi connectivity index (χ2n) is 8.76. The van der Waals surface area contributed by atoms with Crippen LogP contribution in [-0.2, 0) is 24.2 Å². The summed E-state index contributed by atoms with van der Waals surface area (Å²) in [6.07, 6.45) is 2.13. The summed E-state index contributed by atoms with van der Waals surface area (Å²) in [5, 5.41) is 0.476. The normalized spacial score (nSPS) is 19.7. The van der Waals surface area contributed by atoms with E-state index in [1.54, 1.807) is 21.3 Å². The third-order valence-electron chi connectivity index (χ3n) is 6.60. The second kappa shape index (κ2) is 12.2. The lowest BCUT2D eigenvalue weighted by Gasteiger charge is -2.25. The molecule has 4 nitrogen and oxygen atoms in total. The van der Waals surface area contributed by atoms with Gasteiger partial charge in [-0.25, -0.2) is 0 Å². The summed E-state index contributed by atoms with van der Waals surface area (Å²) >= 11 is 2.06. The monoisotopic (exact) mass is 478 g/mol. The molecular weight excluding hydrogens is 444 g/mol. The van der Waals surface area contributed by atoms with Gasteiger partial charge in [0.25, 0.3) is 0 Å². The maximum absolute atomic E-state index is 6.21. The molecule has 180 valence electrons. The van der Waals surface area contributed by atoms with E-state index in [9.17, 15) is 0 Å². The molecule has 1 saturated heterocycles. The first kappa shape index (κ1) is 24.5. The highest BCUT2D eigenvalue weighted by Crippen LogP contribution is 2.41. The van der Waals surface area contributed by atoms with Gasteiger partial charge in [0.15, 0.2) is 0 Å². The lowest BCUT2D eigenvalue weighted by Crippen LogP contribution is -2.26. The van der Waals surface area contributed by atoms with Crippen molar-refractivity contribution in [1.82, 2.24) is 0 Å². The molecule has 0 aromatic heterocycles. The highest BCUT2D eigenvalue weighted by molar-refractivity contribution is 8.00. The molecule has 34 heavy (non-hydrogen) atoms. The molecule has 0 aliphatic carbocycles. The minimum atomic E-state index is 0.476. The Hall–Kier alpha value is -2.63. The van der Waals surface area contributed by atoms with Crippen LogP contribution in [0.25, 0.3) is 0 Å². The molecule has 0 spiro atoms. The molecule has 0 radical (unpaired) electrons. The van der Waals surface area contributed by atoms with Crippen molar-refractivity contribution >= 4 is 11.8 Å². The number of benzene rings is 3. The molecule has 3 aromatic rings. The Morgan fingerprint density at radius 1 is 0.647 bits per heavy atom. The summed E-state index contributed by atoms with van der Waals surface area (Å²) in [6, 6.07) is 25.1. The van der Waals surface area contributed by atoms with Crippen molar-refractivity contribution in [2.75, 3.05) is 33.7 Å². The van der Waals surface area contributed by atoms with Gasteiger partial charge in [0.2, 0.25) is 0 Å². The van der Waals surface area contributed by atoms with Crippen LogP contribution in [0.3, 0.4) is 0 Å². The van der Waals surface area contributed by atoms with E-state index < -0.39 is 0 Å². The Kier molecular flexibility index (Phi) is 8.78. The zero-order valence-electron chi connectivity index (χ0n) is 20.2. The Bertz CT molecular complexity index is 1000. The van der Waals surface area contributed by atoms with Gasteiger partial charge < -0.3 is 18.9 Å². The molecule has 4 rings (SSSR count). The molecule has 3 aromatic carbocycles. The molecule has 5 heteroatoms. The number of thioether (sulfide) groups is 1. The van der Waals surface area contributed by atoms with E-state index in [2.05, 4.69) is 72.4 Å². The van der Waals surface area contributed by atoms with Crippen molar-refractivity contribution < 1.29 is 18.9 Å². The zero-order chi connectivity index (χ0) is 23.8. The van der Waals surface area contributed by atoms with E-state index in [4.69, 9.17) is 18.9 Å². The quantitative estimate of drug-likeness (QED) is 0.335. The van der Waals surface area contributed by atoms with Crippen molar-refractivity contribution in [3.8, 4) is 17.2 Å². The SMILES string of the molecule is COc1ccc(COC[C@H]2SC[C@@H](Cc3ccc(OC)cc3)[C@@H]2Cc2ccc(OC)cc2)cc1. The average Bonchev–Trinajstić information content (AvgIpc) is 3.26. The third kappa shape index (κ3) is 6.49. The minimum absolute atomic E-state index is 0.476. The average molecular weight is 479 g/mol. The van der Waals surface area contributed by atoms with Crippen molar-refractivity contribution in [2.24, 2.45) is 11.8 Å². The van der Waals surface area contributed by atoms with E-state index in [0.717, 1.165) is 42.4 Å². The lowest BCUT2D eigenvalue weighted by molar-refractivity contribution is 0.108. The lowest BCUT2D eigenvalue weighted by atomic mass is 9.82. The molecule has 3 atom stereocenters. The molecule has 0 N–H and O–H groups in total. The predicted molar refractivity (Wildman–Crippen MR) is 139 cm³/mol. The van der Waals surface area contributed by atoms with Crippen LogP contribution in [0.2, 0.25) is 0 Å². The molecule has 1 fully saturated rings. The standard InChI is InChI=1S/C29H34O4S/c1-30-25-10-4-21(5-11-25)16-24-20-34-29(19-33-18-23-8-14-27(32-3)15-9-23)28(24)17-22-6-12-26(31-2)13-7-22/h4-15,24,28-29H,16-20H2,1-3H3/t24-,28+,29-/m1/s1. The molecule has 0 unspecified atom stereocenters. The fraction of sp³-hybridized carbons (Fsp3) is 0.379. The van der Waals surface area contributed by atoms with Crippen molar-refractivity contribution in [3.63, 3.8) is 0 Å². The Balaban J connectivity index is 1.42. The van der Waals surface area contributed by atoms with E-state index in [1.807, 2.05) is 12.1 Å². The zero-order valence-corrected chi connectivity index (χ0v) is 21.1. The first-order chi connectivity index (χ1) is 16.7. The predicted octanol–water partition coefficient (Wildman–Crippen LogP) is 6.06. The number of ether oxygens (including phenoxy) is 4. The van der Waals surface area contributed by atoms with E-state index >= 15 is 0 Å². The topological polar surface area (TPSA) is 36.9 Å². The van der Waals surface area contributed by atoms with Crippen LogP contribution in [0.1, 0.15) is 16.7 Å². The summed E-state index contributed by atoms with van der Waals surface area (Å²) in [6.45, 7) is 1.39. The van der Waals surface area contributed by atoms with Crippen LogP contribution in [0.4, 0.5) is 0 Å². The fourth-order valence-corrected chi connectivity index (χ4v) is 6.21. The van der Waals surface area contributed by atoms with Crippen LogP contribution in [0, 0.1) is 11.8 Å². The summed E-state index contributed by atoms with van der Waals surface area (Å²) < 4.78 is 22.1. The van der Waals surface area contributed by atoms with Crippen LogP contribution >= 0.6 is 11.8 Å². The molecule has 1 aliphatic heterocycles. The van der Waals surface area contributed by atoms with Gasteiger partial charge >= 0.3 is 0 Å². The van der Waals surface area contributed by atoms with Gasteiger partial charge in [-0.1, -0.05) is 36.4 Å². The van der Waals surface area contributed by atoms with Crippen LogP contribution in [-0.4, -0.2) is 38.9 Å². The summed E-state index contributed by atoms with van der Waals surface area (Å²) in [5.74, 6) is 4.99. The van der Waals surface area contributed by atoms with Crippen LogP contribution < -0.4 is 14.2 Å². The number of methoxy groups -OCH3 is 3. The first-order valence-electron chi connectivity index (χ1n) is 11.8. The molecule has 0 amide bonds. The largest absolute Gasteiger partial charge is 0.497 e. The third-order valence-corrected chi connectivity index (χ3v) is 8.14. The number of rotatable bonds is 11. The van der Waals surface area contributed by atoms with Gasteiger partial charge in [-0.05, 0) is 83.5 Å². The van der Waals surface area contributed by atoms with Crippen LogP contribution in [0.5, 0.6) is 17.2 Å². The molecular formula is C29H34O4S. The Labute approximate surface area is 207 Å². The van der Waals surface area contributed by atoms with Gasteiger partial charge in [0, 0.05) is 5.25 Å². The maximum atomic E-state index is 6.21. The van der Waals surface area contributed by atoms with Crippen molar-refractivity contribution in [3.05, 3.63) is 89.5 Å². The van der Waals surface area contributed by atoms with Gasteiger partial charge in [-0.3, -0.25) is 0 Å².